The van der Waals surface area contributed by atoms with Crippen LogP contribution >= 0.6 is 0 Å². The van der Waals surface area contributed by atoms with Crippen molar-refractivity contribution in [1.82, 2.24) is 0 Å². The van der Waals surface area contributed by atoms with E-state index in [0.717, 1.165) is 0 Å². The molecule has 0 fully saturated rings. The predicted molar refractivity (Wildman–Crippen MR) is 40.3 cm³/mol. The topological polar surface area (TPSA) is 124 Å². The van der Waals surface area contributed by atoms with Crippen molar-refractivity contribution in [1.29, 1.82) is 0 Å². The molecule has 0 spiro atoms. The van der Waals surface area contributed by atoms with Gasteiger partial charge in [0.25, 0.3) is 0 Å². The molecule has 0 N–H and O–H groups in total. The van der Waals surface area contributed by atoms with Crippen molar-refractivity contribution in [2.75, 3.05) is 0 Å². The summed E-state index contributed by atoms with van der Waals surface area (Å²) in [7, 11) is -14.8. The van der Waals surface area contributed by atoms with Crippen LogP contribution in [-0.4, -0.2) is 48.7 Å². The molecule has 0 saturated carbocycles. The van der Waals surface area contributed by atoms with Crippen LogP contribution in [0.3, 0.4) is 0 Å². The molecular weight excluding hydrogens is 390 g/mol. The van der Waals surface area contributed by atoms with E-state index in [0.29, 0.717) is 0 Å². The van der Waals surface area contributed by atoms with Gasteiger partial charge >= 0.3 is 60.4 Å². The third-order valence-corrected chi connectivity index (χ3v) is 3.29. The van der Waals surface area contributed by atoms with Gasteiger partial charge in [0.1, 0.15) is 0 Å². The van der Waals surface area contributed by atoms with Crippen molar-refractivity contribution in [3.63, 3.8) is 0 Å². The molecule has 0 atom stereocenters. The molecule has 0 bridgehead atoms. The van der Waals surface area contributed by atoms with E-state index in [4.69, 9.17) is 0 Å². The zero-order valence-corrected chi connectivity index (χ0v) is 12.3. The fourth-order valence-electron chi connectivity index (χ4n) is 0.571. The van der Waals surface area contributed by atoms with E-state index in [1.165, 1.54) is 4.74 Å². The molecule has 23 heavy (non-hydrogen) atoms. The summed E-state index contributed by atoms with van der Waals surface area (Å²) >= 11 is 0. The molecule has 0 heterocycles. The van der Waals surface area contributed by atoms with Crippen LogP contribution in [0.25, 0.3) is 0 Å². The summed E-state index contributed by atoms with van der Waals surface area (Å²) < 4.78 is 159. The number of hydrogen-bond acceptors (Lipinski definition) is 7. The Morgan fingerprint density at radius 2 is 0.783 bits per heavy atom. The Morgan fingerprint density at radius 1 is 0.609 bits per heavy atom. The van der Waals surface area contributed by atoms with Gasteiger partial charge in [0.2, 0.25) is 0 Å². The molecule has 0 radical (unpaired) electrons. The van der Waals surface area contributed by atoms with Crippen LogP contribution < -0.4 is 37.7 Å². The maximum Gasteiger partial charge on any atom is 1.00 e. The van der Waals surface area contributed by atoms with E-state index < -0.39 is 43.0 Å². The Balaban J connectivity index is -0.00000200. The number of hydrogen-bond donors (Lipinski definition) is 0. The minimum atomic E-state index is -7.38. The smallest absolute Gasteiger partial charge is 0.743 e. The van der Waals surface area contributed by atoms with Gasteiger partial charge in [0.15, 0.2) is 20.2 Å². The molecule has 0 aromatic carbocycles. The van der Waals surface area contributed by atoms with Crippen molar-refractivity contribution in [2.45, 2.75) is 22.7 Å². The summed E-state index contributed by atoms with van der Waals surface area (Å²) in [6, 6.07) is 0. The maximum absolute atomic E-state index is 12.5. The average Bonchev–Trinajstić information content (AvgIpc) is 2.11. The molecule has 0 rings (SSSR count). The van der Waals surface area contributed by atoms with Gasteiger partial charge in [0.05, 0.1) is 0 Å². The first kappa shape index (κ1) is 28.2. The van der Waals surface area contributed by atoms with Crippen LogP contribution in [0, 0.1) is 0 Å². The van der Waals surface area contributed by atoms with E-state index in [9.17, 15) is 61.1 Å². The van der Waals surface area contributed by atoms with Crippen LogP contribution in [0.5, 0.6) is 0 Å². The molecule has 0 unspecified atom stereocenters. The Morgan fingerprint density at radius 3 is 0.913 bits per heavy atom. The van der Waals surface area contributed by atoms with Crippen molar-refractivity contribution in [3.05, 3.63) is 0 Å². The zero-order valence-electron chi connectivity index (χ0n) is 10.7. The summed E-state index contributed by atoms with van der Waals surface area (Å²) in [6.07, 6.45) is -14.2. The van der Waals surface area contributed by atoms with Crippen LogP contribution in [0.15, 0.2) is 0 Å². The van der Waals surface area contributed by atoms with Gasteiger partial charge in [-0.05, 0) is 0 Å². The predicted octanol–water partition coefficient (Wildman–Crippen LogP) is -5.53. The van der Waals surface area contributed by atoms with Gasteiger partial charge in [-0.1, -0.05) is 0 Å². The van der Waals surface area contributed by atoms with Crippen molar-refractivity contribution in [3.8, 4) is 0 Å². The average molecular weight is 390 g/mol. The fourth-order valence-corrected chi connectivity index (χ4v) is 1.24. The van der Waals surface area contributed by atoms with Gasteiger partial charge in [0, 0.05) is 0 Å². The number of alkyl halides is 8. The maximum atomic E-state index is 12.5. The van der Waals surface area contributed by atoms with Crippen molar-refractivity contribution in [2.24, 2.45) is 0 Å². The second-order valence-corrected chi connectivity index (χ2v) is 5.92. The van der Waals surface area contributed by atoms with Crippen molar-refractivity contribution < 1.29 is 104 Å². The van der Waals surface area contributed by atoms with E-state index in [1.807, 2.05) is 0 Å². The number of halogens is 8. The molecule has 0 amide bonds. The number of rotatable bonds is 6. The minimum absolute atomic E-state index is 0. The quantitative estimate of drug-likeness (QED) is 0.252. The van der Waals surface area contributed by atoms with Gasteiger partial charge in [-0.15, -0.1) is 0 Å². The summed E-state index contributed by atoms with van der Waals surface area (Å²) in [6.45, 7) is 0. The third kappa shape index (κ3) is 5.19. The van der Waals surface area contributed by atoms with E-state index in [1.54, 1.807) is 0 Å². The third-order valence-electron chi connectivity index (χ3n) is 1.56. The van der Waals surface area contributed by atoms with Crippen LogP contribution in [-0.2, 0) is 25.0 Å². The molecule has 128 valence electrons. The van der Waals surface area contributed by atoms with Crippen molar-refractivity contribution >= 4 is 20.2 Å². The van der Waals surface area contributed by atoms with E-state index >= 15 is 0 Å². The Bertz CT molecular complexity index is 562. The summed E-state index contributed by atoms with van der Waals surface area (Å²) in [5.41, 5.74) is 0. The number of ether oxygens (including phenoxy) is 1. The SMILES string of the molecule is O=S(=O)([O-])C(F)(F)C(F)(F)OC(F)(F)C(F)(F)S(=O)(=O)[O-].[Li+].[Li+]. The second kappa shape index (κ2) is 7.34. The summed E-state index contributed by atoms with van der Waals surface area (Å²) in [5, 5.41) is -13.9. The van der Waals surface area contributed by atoms with Gasteiger partial charge < -0.3 is 9.11 Å². The molecule has 19 heteroatoms. The van der Waals surface area contributed by atoms with Crippen LogP contribution in [0.1, 0.15) is 0 Å². The first-order valence-corrected chi connectivity index (χ1v) is 6.64. The van der Waals surface area contributed by atoms with E-state index in [2.05, 4.69) is 0 Å². The molecule has 0 aromatic heterocycles. The Hall–Kier alpha value is 0.415. The minimum Gasteiger partial charge on any atom is -0.743 e. The first-order chi connectivity index (χ1) is 8.71. The molecule has 0 aromatic rings. The van der Waals surface area contributed by atoms with E-state index in [-0.39, 0.29) is 37.7 Å². The first-order valence-electron chi connectivity index (χ1n) is 3.83. The summed E-state index contributed by atoms with van der Waals surface area (Å²) in [5.74, 6) is 0. The largest absolute Gasteiger partial charge is 1.00 e. The van der Waals surface area contributed by atoms with Gasteiger partial charge in [-0.2, -0.15) is 35.1 Å². The Kier molecular flexibility index (Phi) is 9.01. The molecule has 0 aliphatic carbocycles. The molecule has 7 nitrogen and oxygen atoms in total. The Labute approximate surface area is 146 Å². The standard InChI is InChI=1S/C4H2F8O7S2.2Li/c5-1(6,3(9,10)20(13,14)15)19-2(7,8)4(11,12)21(16,17)18;;/h(H,13,14,15)(H,16,17,18);;/q;2*+1/p-2. The summed E-state index contributed by atoms with van der Waals surface area (Å²) in [4.78, 5) is 0. The monoisotopic (exact) mass is 390 g/mol. The van der Waals surface area contributed by atoms with Crippen LogP contribution in [0.4, 0.5) is 35.1 Å². The fraction of sp³-hybridized carbons (Fsp3) is 1.00. The van der Waals surface area contributed by atoms with Gasteiger partial charge in [-0.3, -0.25) is 0 Å². The molecule has 0 aliphatic rings. The van der Waals surface area contributed by atoms with Crippen LogP contribution in [0.2, 0.25) is 0 Å². The second-order valence-electron chi connectivity index (χ2n) is 3.08. The molecular formula is C4F8Li2O7S2. The normalized spacial score (nSPS) is 14.7. The molecule has 0 aliphatic heterocycles. The zero-order chi connectivity index (χ0) is 17.7. The molecule has 0 saturated heterocycles. The van der Waals surface area contributed by atoms with Gasteiger partial charge in [-0.25, -0.2) is 21.6 Å².